The third-order valence-electron chi connectivity index (χ3n) is 4.64. The summed E-state index contributed by atoms with van der Waals surface area (Å²) in [5.74, 6) is 0.447. The Morgan fingerprint density at radius 1 is 1.28 bits per heavy atom. The van der Waals surface area contributed by atoms with Crippen LogP contribution >= 0.6 is 0 Å². The molecule has 2 aromatic rings. The Kier molecular flexibility index (Phi) is 5.71. The molecule has 6 nitrogen and oxygen atoms in total. The number of hydrogen-bond donors (Lipinski definition) is 2. The molecule has 0 spiro atoms. The number of carbonyl (C=O) groups is 1. The highest BCUT2D eigenvalue weighted by molar-refractivity contribution is 5.74. The highest BCUT2D eigenvalue weighted by Gasteiger charge is 2.30. The summed E-state index contributed by atoms with van der Waals surface area (Å²) in [7, 11) is 0. The minimum atomic E-state index is -0.0951. The first-order valence-corrected chi connectivity index (χ1v) is 8.90. The second-order valence-electron chi connectivity index (χ2n) is 6.94. The van der Waals surface area contributed by atoms with Gasteiger partial charge >= 0.3 is 6.03 Å². The van der Waals surface area contributed by atoms with Crippen LogP contribution in [0.3, 0.4) is 0 Å². The van der Waals surface area contributed by atoms with E-state index in [0.29, 0.717) is 19.0 Å². The van der Waals surface area contributed by atoms with Crippen molar-refractivity contribution < 1.29 is 4.79 Å². The lowest BCUT2D eigenvalue weighted by Crippen LogP contribution is -2.46. The molecule has 0 radical (unpaired) electrons. The van der Waals surface area contributed by atoms with Crippen LogP contribution in [0.1, 0.15) is 18.1 Å². The fourth-order valence-corrected chi connectivity index (χ4v) is 3.32. The number of nitrogens with one attached hydrogen (secondary N) is 2. The normalized spacial score (nSPS) is 20.6. The number of benzene rings is 1. The number of amides is 2. The van der Waals surface area contributed by atoms with E-state index in [2.05, 4.69) is 51.8 Å². The summed E-state index contributed by atoms with van der Waals surface area (Å²) in [6.07, 6.45) is 3.79. The molecule has 1 saturated heterocycles. The van der Waals surface area contributed by atoms with E-state index in [9.17, 15) is 4.79 Å². The molecule has 2 atom stereocenters. The van der Waals surface area contributed by atoms with Gasteiger partial charge < -0.3 is 10.6 Å². The largest absolute Gasteiger partial charge is 0.336 e. The summed E-state index contributed by atoms with van der Waals surface area (Å²) in [4.78, 5) is 14.5. The third-order valence-corrected chi connectivity index (χ3v) is 4.64. The first-order valence-electron chi connectivity index (χ1n) is 8.90. The van der Waals surface area contributed by atoms with E-state index in [4.69, 9.17) is 0 Å². The molecule has 1 fully saturated rings. The van der Waals surface area contributed by atoms with E-state index >= 15 is 0 Å². The molecule has 1 aromatic heterocycles. The topological polar surface area (TPSA) is 62.2 Å². The first kappa shape index (κ1) is 17.5. The van der Waals surface area contributed by atoms with Crippen molar-refractivity contribution in [1.29, 1.82) is 0 Å². The van der Waals surface area contributed by atoms with Crippen LogP contribution in [-0.4, -0.2) is 46.4 Å². The summed E-state index contributed by atoms with van der Waals surface area (Å²) in [5.41, 5.74) is 2.44. The Labute approximate surface area is 149 Å². The number of aryl methyl sites for hydroxylation is 1. The predicted molar refractivity (Wildman–Crippen MR) is 98.2 cm³/mol. The van der Waals surface area contributed by atoms with Crippen LogP contribution < -0.4 is 10.6 Å². The van der Waals surface area contributed by atoms with Gasteiger partial charge in [-0.15, -0.1) is 0 Å². The Bertz CT molecular complexity index is 684. The first-order chi connectivity index (χ1) is 12.1. The lowest BCUT2D eigenvalue weighted by atomic mass is 10.1. The molecule has 0 saturated carbocycles. The Morgan fingerprint density at radius 2 is 2.08 bits per heavy atom. The standard InChI is InChI=1S/C19H27N5O/c1-15-10-21-24(11-15)9-8-20-19(25)22-18-14-23(12-16(18)2)13-17-6-4-3-5-7-17/h3-7,10-11,16,18H,8-9,12-14H2,1-2H3,(H2,20,22,25). The van der Waals surface area contributed by atoms with Gasteiger partial charge in [0, 0.05) is 38.4 Å². The fraction of sp³-hybridized carbons (Fsp3) is 0.474. The zero-order valence-corrected chi connectivity index (χ0v) is 15.0. The molecule has 2 heterocycles. The third kappa shape index (κ3) is 5.06. The SMILES string of the molecule is Cc1cnn(CCNC(=O)NC2CN(Cc3ccccc3)CC2C)c1. The van der Waals surface area contributed by atoms with E-state index in [1.54, 1.807) is 0 Å². The molecule has 1 aliphatic rings. The lowest BCUT2D eigenvalue weighted by molar-refractivity contribution is 0.234. The minimum absolute atomic E-state index is 0.0951. The molecular weight excluding hydrogens is 314 g/mol. The maximum atomic E-state index is 12.1. The summed E-state index contributed by atoms with van der Waals surface area (Å²) >= 11 is 0. The Morgan fingerprint density at radius 3 is 2.80 bits per heavy atom. The summed E-state index contributed by atoms with van der Waals surface area (Å²) in [6, 6.07) is 10.6. The number of aromatic nitrogens is 2. The van der Waals surface area contributed by atoms with E-state index in [1.165, 1.54) is 5.56 Å². The second-order valence-corrected chi connectivity index (χ2v) is 6.94. The predicted octanol–water partition coefficient (Wildman–Crippen LogP) is 2.01. The molecule has 3 rings (SSSR count). The Hall–Kier alpha value is -2.34. The van der Waals surface area contributed by atoms with E-state index in [1.807, 2.05) is 30.1 Å². The maximum absolute atomic E-state index is 12.1. The molecule has 2 N–H and O–H groups in total. The van der Waals surface area contributed by atoms with Gasteiger partial charge in [-0.1, -0.05) is 37.3 Å². The van der Waals surface area contributed by atoms with Crippen LogP contribution in [0.4, 0.5) is 4.79 Å². The van der Waals surface area contributed by atoms with Crippen LogP contribution in [0.25, 0.3) is 0 Å². The lowest BCUT2D eigenvalue weighted by Gasteiger charge is -2.18. The van der Waals surface area contributed by atoms with Crippen LogP contribution in [0.2, 0.25) is 0 Å². The van der Waals surface area contributed by atoms with Gasteiger partial charge in [-0.3, -0.25) is 9.58 Å². The van der Waals surface area contributed by atoms with Gasteiger partial charge in [-0.2, -0.15) is 5.10 Å². The number of urea groups is 1. The monoisotopic (exact) mass is 341 g/mol. The van der Waals surface area contributed by atoms with Crippen molar-refractivity contribution in [2.75, 3.05) is 19.6 Å². The fourth-order valence-electron chi connectivity index (χ4n) is 3.32. The zero-order chi connectivity index (χ0) is 17.6. The van der Waals surface area contributed by atoms with Crippen molar-refractivity contribution >= 4 is 6.03 Å². The molecule has 1 aromatic carbocycles. The smallest absolute Gasteiger partial charge is 0.315 e. The van der Waals surface area contributed by atoms with Gasteiger partial charge in [0.05, 0.1) is 12.7 Å². The molecule has 2 unspecified atom stereocenters. The maximum Gasteiger partial charge on any atom is 0.315 e. The zero-order valence-electron chi connectivity index (χ0n) is 15.0. The van der Waals surface area contributed by atoms with Crippen LogP contribution in [0.15, 0.2) is 42.7 Å². The summed E-state index contributed by atoms with van der Waals surface area (Å²) in [6.45, 7) is 8.29. The Balaban J connectivity index is 1.40. The number of hydrogen-bond acceptors (Lipinski definition) is 3. The van der Waals surface area contributed by atoms with Crippen molar-refractivity contribution in [2.45, 2.75) is 33.0 Å². The molecule has 0 aliphatic carbocycles. The molecule has 25 heavy (non-hydrogen) atoms. The van der Waals surface area contributed by atoms with Crippen molar-refractivity contribution in [3.8, 4) is 0 Å². The van der Waals surface area contributed by atoms with Crippen molar-refractivity contribution in [2.24, 2.45) is 5.92 Å². The molecule has 0 bridgehead atoms. The molecule has 6 heteroatoms. The second kappa shape index (κ2) is 8.16. The van der Waals surface area contributed by atoms with Gasteiger partial charge in [-0.05, 0) is 24.0 Å². The van der Waals surface area contributed by atoms with E-state index in [0.717, 1.165) is 25.2 Å². The molecule has 134 valence electrons. The van der Waals surface area contributed by atoms with Gasteiger partial charge in [-0.25, -0.2) is 4.79 Å². The van der Waals surface area contributed by atoms with E-state index < -0.39 is 0 Å². The highest BCUT2D eigenvalue weighted by Crippen LogP contribution is 2.18. The summed E-state index contributed by atoms with van der Waals surface area (Å²) in [5, 5.41) is 10.3. The molecular formula is C19H27N5O. The van der Waals surface area contributed by atoms with Gasteiger partial charge in [0.25, 0.3) is 0 Å². The van der Waals surface area contributed by atoms with Gasteiger partial charge in [0.15, 0.2) is 0 Å². The van der Waals surface area contributed by atoms with Crippen molar-refractivity contribution in [1.82, 2.24) is 25.3 Å². The number of rotatable bonds is 6. The van der Waals surface area contributed by atoms with Crippen LogP contribution in [-0.2, 0) is 13.1 Å². The van der Waals surface area contributed by atoms with Gasteiger partial charge in [0.2, 0.25) is 0 Å². The van der Waals surface area contributed by atoms with Crippen LogP contribution in [0.5, 0.6) is 0 Å². The number of nitrogens with zero attached hydrogens (tertiary/aromatic N) is 3. The van der Waals surface area contributed by atoms with Crippen molar-refractivity contribution in [3.05, 3.63) is 53.9 Å². The summed E-state index contributed by atoms with van der Waals surface area (Å²) < 4.78 is 1.84. The average Bonchev–Trinajstić information content (AvgIpc) is 3.14. The van der Waals surface area contributed by atoms with Crippen molar-refractivity contribution in [3.63, 3.8) is 0 Å². The van der Waals surface area contributed by atoms with E-state index in [-0.39, 0.29) is 12.1 Å². The van der Waals surface area contributed by atoms with Gasteiger partial charge in [0.1, 0.15) is 0 Å². The number of carbonyl (C=O) groups excluding carboxylic acids is 1. The van der Waals surface area contributed by atoms with Crippen LogP contribution in [0, 0.1) is 12.8 Å². The minimum Gasteiger partial charge on any atom is -0.336 e. The number of likely N-dealkylation sites (tertiary alicyclic amines) is 1. The molecule has 1 aliphatic heterocycles. The quantitative estimate of drug-likeness (QED) is 0.845. The highest BCUT2D eigenvalue weighted by atomic mass is 16.2. The molecule has 2 amide bonds. The average molecular weight is 341 g/mol.